The summed E-state index contributed by atoms with van der Waals surface area (Å²) in [6.45, 7) is 1.59. The van der Waals surface area contributed by atoms with Gasteiger partial charge >= 0.3 is 5.97 Å². The molecule has 2 rings (SSSR count). The maximum Gasteiger partial charge on any atom is 0.328 e. The third-order valence-electron chi connectivity index (χ3n) is 3.23. The summed E-state index contributed by atoms with van der Waals surface area (Å²) in [5, 5.41) is 0. The lowest BCUT2D eigenvalue weighted by Crippen LogP contribution is -2.42. The molecule has 1 atom stereocenters. The Kier molecular flexibility index (Phi) is 5.83. The summed E-state index contributed by atoms with van der Waals surface area (Å²) in [5.41, 5.74) is 0.823. The fourth-order valence-electron chi connectivity index (χ4n) is 2.01. The molecule has 0 spiro atoms. The van der Waals surface area contributed by atoms with Crippen LogP contribution in [0.4, 0.5) is 0 Å². The minimum Gasteiger partial charge on any atom is -0.496 e. The Morgan fingerprint density at radius 1 is 1.43 bits per heavy atom. The van der Waals surface area contributed by atoms with E-state index in [0.717, 1.165) is 21.8 Å². The van der Waals surface area contributed by atoms with E-state index in [0.29, 0.717) is 15.0 Å². The topological polar surface area (TPSA) is 55.8 Å². The maximum absolute atomic E-state index is 12.5. The molecule has 1 aliphatic rings. The zero-order valence-electron chi connectivity index (χ0n) is 12.7. The molecule has 1 aliphatic heterocycles. The molecule has 0 bridgehead atoms. The van der Waals surface area contributed by atoms with Crippen LogP contribution in [0.2, 0.25) is 0 Å². The van der Waals surface area contributed by atoms with Gasteiger partial charge in [-0.25, -0.2) is 4.79 Å². The van der Waals surface area contributed by atoms with Gasteiger partial charge in [-0.2, -0.15) is 0 Å². The second kappa shape index (κ2) is 7.46. The first-order valence-corrected chi connectivity index (χ1v) is 8.59. The quantitative estimate of drug-likeness (QED) is 0.427. The Morgan fingerprint density at radius 2 is 2.13 bits per heavy atom. The van der Waals surface area contributed by atoms with Crippen molar-refractivity contribution in [3.63, 3.8) is 0 Å². The van der Waals surface area contributed by atoms with Crippen molar-refractivity contribution in [2.45, 2.75) is 13.0 Å². The highest BCUT2D eigenvalue weighted by Crippen LogP contribution is 2.35. The molecule has 1 amide bonds. The number of esters is 1. The summed E-state index contributed by atoms with van der Waals surface area (Å²) in [6.07, 6.45) is 1.73. The molecule has 0 radical (unpaired) electrons. The monoisotopic (exact) mass is 415 g/mol. The summed E-state index contributed by atoms with van der Waals surface area (Å²) >= 11 is 9.78. The van der Waals surface area contributed by atoms with Gasteiger partial charge in [-0.05, 0) is 46.6 Å². The predicted octanol–water partition coefficient (Wildman–Crippen LogP) is 3.22. The van der Waals surface area contributed by atoms with Crippen molar-refractivity contribution < 1.29 is 19.1 Å². The smallest absolute Gasteiger partial charge is 0.328 e. The maximum atomic E-state index is 12.5. The average molecular weight is 416 g/mol. The van der Waals surface area contributed by atoms with Gasteiger partial charge in [0.05, 0.1) is 23.6 Å². The number of hydrogen-bond donors (Lipinski definition) is 0. The first-order valence-electron chi connectivity index (χ1n) is 6.57. The van der Waals surface area contributed by atoms with E-state index in [1.165, 1.54) is 12.0 Å². The molecule has 1 fully saturated rings. The lowest BCUT2D eigenvalue weighted by molar-refractivity contribution is -0.147. The Bertz CT molecular complexity index is 705. The van der Waals surface area contributed by atoms with E-state index < -0.39 is 12.0 Å². The zero-order chi connectivity index (χ0) is 17.1. The van der Waals surface area contributed by atoms with Crippen molar-refractivity contribution in [2.24, 2.45) is 0 Å². The Balaban J connectivity index is 2.28. The van der Waals surface area contributed by atoms with Crippen molar-refractivity contribution in [1.82, 2.24) is 4.90 Å². The first kappa shape index (κ1) is 18.0. The predicted molar refractivity (Wildman–Crippen MR) is 97.2 cm³/mol. The van der Waals surface area contributed by atoms with Gasteiger partial charge in [-0.1, -0.05) is 30.0 Å². The van der Waals surface area contributed by atoms with Gasteiger partial charge in [0.2, 0.25) is 0 Å². The van der Waals surface area contributed by atoms with Crippen LogP contribution in [-0.2, 0) is 14.3 Å². The van der Waals surface area contributed by atoms with Gasteiger partial charge in [-0.15, -0.1) is 0 Å². The number of ether oxygens (including phenoxy) is 2. The van der Waals surface area contributed by atoms with E-state index in [-0.39, 0.29) is 5.91 Å². The van der Waals surface area contributed by atoms with Crippen molar-refractivity contribution >= 4 is 62.2 Å². The zero-order valence-corrected chi connectivity index (χ0v) is 15.9. The second-order valence-electron chi connectivity index (χ2n) is 4.64. The number of methoxy groups -OCH3 is 2. The molecule has 0 N–H and O–H groups in total. The van der Waals surface area contributed by atoms with Crippen LogP contribution < -0.4 is 4.74 Å². The SMILES string of the molecule is COC(=O)[C@H](C)N1C(=O)/C(=C/c2ccc(OC)c(Br)c2)SC1=S. The molecule has 1 aromatic rings. The molecule has 5 nitrogen and oxygen atoms in total. The van der Waals surface area contributed by atoms with Crippen molar-refractivity contribution in [1.29, 1.82) is 0 Å². The van der Waals surface area contributed by atoms with E-state index in [9.17, 15) is 9.59 Å². The number of carbonyl (C=O) groups is 2. The summed E-state index contributed by atoms with van der Waals surface area (Å²) in [6, 6.07) is 4.73. The molecule has 0 saturated carbocycles. The normalized spacial score (nSPS) is 17.6. The number of amides is 1. The minimum absolute atomic E-state index is 0.301. The van der Waals surface area contributed by atoms with Crippen LogP contribution >= 0.6 is 39.9 Å². The van der Waals surface area contributed by atoms with Crippen molar-refractivity contribution in [2.75, 3.05) is 14.2 Å². The summed E-state index contributed by atoms with van der Waals surface area (Å²) in [5.74, 6) is -0.103. The van der Waals surface area contributed by atoms with Crippen molar-refractivity contribution in [3.8, 4) is 5.75 Å². The van der Waals surface area contributed by atoms with Crippen LogP contribution in [0.5, 0.6) is 5.75 Å². The van der Waals surface area contributed by atoms with Crippen LogP contribution in [0.15, 0.2) is 27.6 Å². The summed E-state index contributed by atoms with van der Waals surface area (Å²) in [7, 11) is 2.86. The fourth-order valence-corrected chi connectivity index (χ4v) is 3.99. The van der Waals surface area contributed by atoms with Gasteiger partial charge in [0, 0.05) is 0 Å². The van der Waals surface area contributed by atoms with Crippen LogP contribution in [0.1, 0.15) is 12.5 Å². The number of benzene rings is 1. The van der Waals surface area contributed by atoms with Crippen LogP contribution in [0.25, 0.3) is 6.08 Å². The lowest BCUT2D eigenvalue weighted by atomic mass is 10.2. The number of halogens is 1. The van der Waals surface area contributed by atoms with E-state index in [4.69, 9.17) is 17.0 Å². The standard InChI is InChI=1S/C15H14BrNO4S2/c1-8(14(19)21-3)17-13(18)12(23-15(17)22)7-9-4-5-11(20-2)10(16)6-9/h4-8H,1-3H3/b12-7-/t8-/m0/s1. The molecule has 122 valence electrons. The summed E-state index contributed by atoms with van der Waals surface area (Å²) in [4.78, 5) is 25.9. The molecule has 0 aliphatic carbocycles. The average Bonchev–Trinajstić information content (AvgIpc) is 2.80. The Hall–Kier alpha value is -1.38. The fraction of sp³-hybridized carbons (Fsp3) is 0.267. The highest BCUT2D eigenvalue weighted by atomic mass is 79.9. The van der Waals surface area contributed by atoms with Gasteiger partial charge in [0.15, 0.2) is 0 Å². The molecule has 0 unspecified atom stereocenters. The number of thiocarbonyl (C=S) groups is 1. The van der Waals surface area contributed by atoms with Crippen molar-refractivity contribution in [3.05, 3.63) is 33.1 Å². The second-order valence-corrected chi connectivity index (χ2v) is 7.17. The third kappa shape index (κ3) is 3.76. The highest BCUT2D eigenvalue weighted by molar-refractivity contribution is 9.10. The molecule has 1 aromatic carbocycles. The van der Waals surface area contributed by atoms with E-state index in [2.05, 4.69) is 20.7 Å². The van der Waals surface area contributed by atoms with Crippen LogP contribution in [-0.4, -0.2) is 41.4 Å². The highest BCUT2D eigenvalue weighted by Gasteiger charge is 2.38. The van der Waals surface area contributed by atoms with E-state index >= 15 is 0 Å². The Labute approximate surface area is 152 Å². The number of hydrogen-bond acceptors (Lipinski definition) is 6. The molecule has 8 heteroatoms. The molecule has 23 heavy (non-hydrogen) atoms. The minimum atomic E-state index is -0.749. The number of carbonyl (C=O) groups excluding carboxylic acids is 2. The molecule has 1 heterocycles. The number of rotatable bonds is 4. The molecular formula is C15H14BrNO4S2. The van der Waals surface area contributed by atoms with Gasteiger partial charge in [0.25, 0.3) is 5.91 Å². The van der Waals surface area contributed by atoms with E-state index in [1.807, 2.05) is 12.1 Å². The molecular weight excluding hydrogens is 402 g/mol. The third-order valence-corrected chi connectivity index (χ3v) is 5.18. The lowest BCUT2D eigenvalue weighted by Gasteiger charge is -2.20. The summed E-state index contributed by atoms with van der Waals surface area (Å²) < 4.78 is 11.0. The largest absolute Gasteiger partial charge is 0.496 e. The first-order chi connectivity index (χ1) is 10.9. The molecule has 1 saturated heterocycles. The van der Waals surface area contributed by atoms with Crippen LogP contribution in [0, 0.1) is 0 Å². The Morgan fingerprint density at radius 3 is 2.70 bits per heavy atom. The van der Waals surface area contributed by atoms with Gasteiger partial charge in [0.1, 0.15) is 16.1 Å². The number of nitrogens with zero attached hydrogens (tertiary/aromatic N) is 1. The van der Waals surface area contributed by atoms with Gasteiger partial charge < -0.3 is 9.47 Å². The van der Waals surface area contributed by atoms with E-state index in [1.54, 1.807) is 26.2 Å². The van der Waals surface area contributed by atoms with Crippen LogP contribution in [0.3, 0.4) is 0 Å². The number of thioether (sulfide) groups is 1. The molecule has 0 aromatic heterocycles. The van der Waals surface area contributed by atoms with Gasteiger partial charge in [-0.3, -0.25) is 9.69 Å².